The van der Waals surface area contributed by atoms with Crippen molar-refractivity contribution in [1.29, 1.82) is 0 Å². The first-order chi connectivity index (χ1) is 18.7. The fourth-order valence-electron chi connectivity index (χ4n) is 3.97. The number of nitrogens with zero attached hydrogens (tertiary/aromatic N) is 3. The molecule has 0 radical (unpaired) electrons. The number of benzene rings is 3. The van der Waals surface area contributed by atoms with Gasteiger partial charge in [0.05, 0.1) is 17.0 Å². The van der Waals surface area contributed by atoms with Crippen LogP contribution in [-0.2, 0) is 4.79 Å². The van der Waals surface area contributed by atoms with Crippen molar-refractivity contribution in [1.82, 2.24) is 5.32 Å². The van der Waals surface area contributed by atoms with Crippen LogP contribution in [-0.4, -0.2) is 35.3 Å². The summed E-state index contributed by atoms with van der Waals surface area (Å²) in [5, 5.41) is 25.9. The number of methoxy groups -OCH3 is 1. The van der Waals surface area contributed by atoms with Crippen molar-refractivity contribution in [3.63, 3.8) is 0 Å². The number of rotatable bonds is 12. The Bertz CT molecular complexity index is 1350. The molecule has 0 aliphatic rings. The molecule has 0 bridgehead atoms. The predicted molar refractivity (Wildman–Crippen MR) is 149 cm³/mol. The Kier molecular flexibility index (Phi) is 10.1. The van der Waals surface area contributed by atoms with Gasteiger partial charge in [-0.2, -0.15) is 0 Å². The standard InChI is InChI=1S/C27H27BrN4O7/c1-3-4-5-16-29-26(33)25(18-6-10-21(11-7-18)31(35)36)30(20-12-8-19(28)9-13-20)27(34)23-17-22(39-2)14-15-24(23)32(37)38/h6-15,17,25H,3-5,16H2,1-2H3,(H,29,33). The molecule has 3 aromatic carbocycles. The number of carbonyl (C=O) groups excluding carboxylic acids is 2. The van der Waals surface area contributed by atoms with Gasteiger partial charge in [0.2, 0.25) is 5.91 Å². The van der Waals surface area contributed by atoms with Crippen LogP contribution in [0.5, 0.6) is 5.75 Å². The van der Waals surface area contributed by atoms with Crippen LogP contribution >= 0.6 is 15.9 Å². The topological polar surface area (TPSA) is 145 Å². The van der Waals surface area contributed by atoms with Gasteiger partial charge in [-0.25, -0.2) is 0 Å². The van der Waals surface area contributed by atoms with Crippen LogP contribution in [0.25, 0.3) is 0 Å². The highest BCUT2D eigenvalue weighted by molar-refractivity contribution is 9.10. The van der Waals surface area contributed by atoms with E-state index in [1.54, 1.807) is 24.3 Å². The molecular weight excluding hydrogens is 572 g/mol. The minimum Gasteiger partial charge on any atom is -0.497 e. The van der Waals surface area contributed by atoms with E-state index in [0.717, 1.165) is 23.8 Å². The summed E-state index contributed by atoms with van der Waals surface area (Å²) in [6.07, 6.45) is 2.53. The lowest BCUT2D eigenvalue weighted by Crippen LogP contribution is -2.44. The number of hydrogen-bond acceptors (Lipinski definition) is 7. The van der Waals surface area contributed by atoms with Gasteiger partial charge in [0, 0.05) is 34.9 Å². The maximum atomic E-state index is 14.2. The van der Waals surface area contributed by atoms with Crippen LogP contribution in [0.4, 0.5) is 17.1 Å². The smallest absolute Gasteiger partial charge is 0.282 e. The summed E-state index contributed by atoms with van der Waals surface area (Å²) < 4.78 is 5.91. The van der Waals surface area contributed by atoms with E-state index < -0.39 is 33.4 Å². The van der Waals surface area contributed by atoms with E-state index in [9.17, 15) is 29.8 Å². The van der Waals surface area contributed by atoms with Gasteiger partial charge in [-0.1, -0.05) is 35.7 Å². The summed E-state index contributed by atoms with van der Waals surface area (Å²) in [7, 11) is 1.37. The second-order valence-corrected chi connectivity index (χ2v) is 9.46. The fourth-order valence-corrected chi connectivity index (χ4v) is 4.23. The number of nitrogens with one attached hydrogen (secondary N) is 1. The minimum atomic E-state index is -1.30. The summed E-state index contributed by atoms with van der Waals surface area (Å²) in [6, 6.07) is 14.3. The van der Waals surface area contributed by atoms with Crippen molar-refractivity contribution in [2.24, 2.45) is 0 Å². The normalized spacial score (nSPS) is 11.4. The lowest BCUT2D eigenvalue weighted by Gasteiger charge is -2.31. The van der Waals surface area contributed by atoms with Gasteiger partial charge in [0.15, 0.2) is 0 Å². The van der Waals surface area contributed by atoms with Crippen molar-refractivity contribution < 1.29 is 24.2 Å². The molecule has 1 atom stereocenters. The van der Waals surface area contributed by atoms with Crippen molar-refractivity contribution in [2.45, 2.75) is 32.2 Å². The molecule has 1 N–H and O–H groups in total. The van der Waals surface area contributed by atoms with Gasteiger partial charge in [0.1, 0.15) is 17.4 Å². The van der Waals surface area contributed by atoms with Gasteiger partial charge in [-0.05, 0) is 60.5 Å². The average Bonchev–Trinajstić information content (AvgIpc) is 2.93. The summed E-state index contributed by atoms with van der Waals surface area (Å²) in [6.45, 7) is 2.37. The largest absolute Gasteiger partial charge is 0.497 e. The third kappa shape index (κ3) is 7.17. The van der Waals surface area contributed by atoms with Crippen LogP contribution < -0.4 is 15.0 Å². The number of unbranched alkanes of at least 4 members (excludes halogenated alkanes) is 2. The highest BCUT2D eigenvalue weighted by Gasteiger charge is 2.36. The Morgan fingerprint density at radius 2 is 1.64 bits per heavy atom. The number of hydrogen-bond donors (Lipinski definition) is 1. The van der Waals surface area contributed by atoms with E-state index in [1.165, 1.54) is 43.5 Å². The summed E-state index contributed by atoms with van der Waals surface area (Å²) >= 11 is 3.35. The van der Waals surface area contributed by atoms with Crippen LogP contribution in [0.15, 0.2) is 71.2 Å². The Hall–Kier alpha value is -4.32. The Morgan fingerprint density at radius 1 is 0.974 bits per heavy atom. The molecule has 0 saturated carbocycles. The molecule has 1 unspecified atom stereocenters. The SMILES string of the molecule is CCCCCNC(=O)C(c1ccc([N+](=O)[O-])cc1)N(C(=O)c1cc(OC)ccc1[N+](=O)[O-])c1ccc(Br)cc1. The maximum absolute atomic E-state index is 14.2. The molecule has 39 heavy (non-hydrogen) atoms. The number of nitro benzene ring substituents is 2. The van der Waals surface area contributed by atoms with Gasteiger partial charge in [0.25, 0.3) is 17.3 Å². The monoisotopic (exact) mass is 598 g/mol. The molecule has 0 aliphatic carbocycles. The predicted octanol–water partition coefficient (Wildman–Crippen LogP) is 5.97. The van der Waals surface area contributed by atoms with E-state index in [1.807, 2.05) is 6.92 Å². The Labute approximate surface area is 233 Å². The average molecular weight is 599 g/mol. The molecule has 2 amide bonds. The molecule has 3 aromatic rings. The number of anilines is 1. The van der Waals surface area contributed by atoms with Crippen LogP contribution in [0.3, 0.4) is 0 Å². The van der Waals surface area contributed by atoms with Crippen molar-refractivity contribution >= 4 is 44.8 Å². The van der Waals surface area contributed by atoms with E-state index in [4.69, 9.17) is 4.74 Å². The number of non-ortho nitro benzene ring substituents is 1. The third-order valence-corrected chi connectivity index (χ3v) is 6.49. The Morgan fingerprint density at radius 3 is 2.21 bits per heavy atom. The fraction of sp³-hybridized carbons (Fsp3) is 0.259. The summed E-state index contributed by atoms with van der Waals surface area (Å²) in [5.41, 5.74) is -0.365. The second kappa shape index (κ2) is 13.5. The molecule has 0 spiro atoms. The summed E-state index contributed by atoms with van der Waals surface area (Å²) in [4.78, 5) is 50.8. The van der Waals surface area contributed by atoms with E-state index in [-0.39, 0.29) is 28.3 Å². The van der Waals surface area contributed by atoms with Gasteiger partial charge >= 0.3 is 0 Å². The number of halogens is 1. The lowest BCUT2D eigenvalue weighted by molar-refractivity contribution is -0.385. The molecule has 3 rings (SSSR count). The van der Waals surface area contributed by atoms with Crippen molar-refractivity contribution in [2.75, 3.05) is 18.6 Å². The molecule has 0 aromatic heterocycles. The Balaban J connectivity index is 2.22. The number of ether oxygens (including phenoxy) is 1. The number of nitro groups is 2. The zero-order valence-corrected chi connectivity index (χ0v) is 22.9. The molecule has 0 aliphatic heterocycles. The zero-order chi connectivity index (χ0) is 28.5. The quantitative estimate of drug-likeness (QED) is 0.153. The van der Waals surface area contributed by atoms with Crippen molar-refractivity contribution in [3.8, 4) is 5.75 Å². The highest BCUT2D eigenvalue weighted by Crippen LogP contribution is 2.34. The lowest BCUT2D eigenvalue weighted by atomic mass is 10.0. The first-order valence-corrected chi connectivity index (χ1v) is 12.9. The molecule has 11 nitrogen and oxygen atoms in total. The first-order valence-electron chi connectivity index (χ1n) is 12.1. The highest BCUT2D eigenvalue weighted by atomic mass is 79.9. The maximum Gasteiger partial charge on any atom is 0.282 e. The molecule has 204 valence electrons. The third-order valence-electron chi connectivity index (χ3n) is 5.96. The van der Waals surface area contributed by atoms with Gasteiger partial charge in [-0.3, -0.25) is 34.7 Å². The van der Waals surface area contributed by atoms with Gasteiger partial charge in [-0.15, -0.1) is 0 Å². The minimum absolute atomic E-state index is 0.189. The molecular formula is C27H27BrN4O7. The second-order valence-electron chi connectivity index (χ2n) is 8.54. The molecule has 0 fully saturated rings. The number of carbonyl (C=O) groups is 2. The van der Waals surface area contributed by atoms with Crippen LogP contribution in [0, 0.1) is 20.2 Å². The van der Waals surface area contributed by atoms with Crippen LogP contribution in [0.1, 0.15) is 48.1 Å². The zero-order valence-electron chi connectivity index (χ0n) is 21.3. The van der Waals surface area contributed by atoms with Gasteiger partial charge < -0.3 is 10.1 Å². The van der Waals surface area contributed by atoms with E-state index in [0.29, 0.717) is 17.4 Å². The number of amides is 2. The molecule has 0 heterocycles. The molecule has 0 saturated heterocycles. The van der Waals surface area contributed by atoms with Crippen molar-refractivity contribution in [3.05, 3.63) is 103 Å². The van der Waals surface area contributed by atoms with Crippen LogP contribution in [0.2, 0.25) is 0 Å². The van der Waals surface area contributed by atoms with E-state index in [2.05, 4.69) is 21.2 Å². The molecule has 12 heteroatoms. The van der Waals surface area contributed by atoms with E-state index >= 15 is 0 Å². The first kappa shape index (κ1) is 29.2. The summed E-state index contributed by atoms with van der Waals surface area (Å²) in [5.74, 6) is -1.15.